The molecule has 0 radical (unpaired) electrons. The maximum atomic E-state index is 11.1. The number of nitrogens with zero attached hydrogens (tertiary/aromatic N) is 2. The number of aromatic nitrogens is 2. The van der Waals surface area contributed by atoms with Crippen molar-refractivity contribution in [2.45, 2.75) is 38.1 Å². The first-order chi connectivity index (χ1) is 16.6. The van der Waals surface area contributed by atoms with Crippen molar-refractivity contribution in [1.29, 1.82) is 0 Å². The van der Waals surface area contributed by atoms with Crippen LogP contribution in [-0.4, -0.2) is 54.1 Å². The van der Waals surface area contributed by atoms with Gasteiger partial charge in [0, 0.05) is 37.0 Å². The Hall–Kier alpha value is -3.61. The molecule has 0 spiro atoms. The molecular formula is C25H30N4O5. The van der Waals surface area contributed by atoms with E-state index in [0.717, 1.165) is 29.3 Å². The van der Waals surface area contributed by atoms with E-state index in [-0.39, 0.29) is 18.4 Å². The van der Waals surface area contributed by atoms with E-state index in [1.807, 2.05) is 30.4 Å². The molecule has 1 aromatic heterocycles. The zero-order valence-electron chi connectivity index (χ0n) is 19.3. The van der Waals surface area contributed by atoms with E-state index >= 15 is 0 Å². The Balaban J connectivity index is 1.73. The van der Waals surface area contributed by atoms with E-state index in [1.54, 1.807) is 12.6 Å². The summed E-state index contributed by atoms with van der Waals surface area (Å²) in [7, 11) is 1.62. The van der Waals surface area contributed by atoms with Crippen molar-refractivity contribution in [1.82, 2.24) is 15.4 Å². The summed E-state index contributed by atoms with van der Waals surface area (Å²) >= 11 is 0. The Labute approximate surface area is 199 Å². The van der Waals surface area contributed by atoms with Crippen LogP contribution < -0.4 is 20.3 Å². The molecule has 1 heterocycles. The Morgan fingerprint density at radius 1 is 1.18 bits per heavy atom. The fourth-order valence-corrected chi connectivity index (χ4v) is 3.50. The smallest absolute Gasteiger partial charge is 0.243 e. The quantitative estimate of drug-likeness (QED) is 0.178. The molecule has 1 atom stereocenters. The largest absolute Gasteiger partial charge is 0.490 e. The Bertz CT molecular complexity index is 1080. The summed E-state index contributed by atoms with van der Waals surface area (Å²) in [6.45, 7) is 1.26. The monoisotopic (exact) mass is 466 g/mol. The fraction of sp³-hybridized carbons (Fsp3) is 0.400. The lowest BCUT2D eigenvalue weighted by Gasteiger charge is -2.20. The zero-order chi connectivity index (χ0) is 24.2. The van der Waals surface area contributed by atoms with E-state index in [2.05, 4.69) is 21.2 Å². The third kappa shape index (κ3) is 7.20. The first-order valence-corrected chi connectivity index (χ1v) is 11.2. The second-order valence-corrected chi connectivity index (χ2v) is 7.75. The molecule has 3 rings (SSSR count). The molecule has 34 heavy (non-hydrogen) atoms. The highest BCUT2D eigenvalue weighted by molar-refractivity contribution is 5.91. The summed E-state index contributed by atoms with van der Waals surface area (Å²) < 4.78 is 17.0. The number of allylic oxidation sites excluding steroid dienone is 2. The number of fused-ring (bicyclic) bond motifs is 1. The molecule has 3 N–H and O–H groups in total. The van der Waals surface area contributed by atoms with Gasteiger partial charge in [-0.15, -0.1) is 6.42 Å². The number of carbonyl (C=O) groups is 1. The summed E-state index contributed by atoms with van der Waals surface area (Å²) in [6, 6.07) is 3.74. The van der Waals surface area contributed by atoms with Gasteiger partial charge in [0.05, 0.1) is 24.8 Å². The van der Waals surface area contributed by atoms with Gasteiger partial charge in [-0.1, -0.05) is 24.1 Å². The van der Waals surface area contributed by atoms with Crippen molar-refractivity contribution in [3.63, 3.8) is 0 Å². The minimum atomic E-state index is -0.386. The molecule has 1 aromatic carbocycles. The predicted molar refractivity (Wildman–Crippen MR) is 129 cm³/mol. The predicted octanol–water partition coefficient (Wildman–Crippen LogP) is 3.40. The van der Waals surface area contributed by atoms with Crippen molar-refractivity contribution in [2.75, 3.05) is 32.2 Å². The number of benzene rings is 1. The lowest BCUT2D eigenvalue weighted by Crippen LogP contribution is -2.20. The number of carbonyl (C=O) groups excluding carboxylic acids is 1. The van der Waals surface area contributed by atoms with Gasteiger partial charge in [-0.05, 0) is 25.3 Å². The van der Waals surface area contributed by atoms with E-state index < -0.39 is 0 Å². The summed E-state index contributed by atoms with van der Waals surface area (Å²) in [5, 5.41) is 12.8. The highest BCUT2D eigenvalue weighted by Crippen LogP contribution is 2.35. The Morgan fingerprint density at radius 2 is 2.00 bits per heavy atom. The standard InChI is InChI=1S/C25H30N4O5/c1-3-18-8-7-9-19(14-18)28-25-20-15-22(34-13-12-32-2)23(16-21(20)26-17-27-25)33-11-6-4-5-10-24(30)29-31/h1,7-9,15-17,19,31H,4-6,10-14H2,2H3,(H,29,30)(H,26,27,28). The molecule has 0 fully saturated rings. The number of nitrogens with one attached hydrogen (secondary N) is 2. The normalized spacial score (nSPS) is 14.9. The molecule has 1 amide bonds. The van der Waals surface area contributed by atoms with Gasteiger partial charge >= 0.3 is 0 Å². The van der Waals surface area contributed by atoms with Gasteiger partial charge in [0.25, 0.3) is 0 Å². The Morgan fingerprint density at radius 3 is 2.79 bits per heavy atom. The summed E-state index contributed by atoms with van der Waals surface area (Å²) in [6.07, 6.45) is 16.2. The van der Waals surface area contributed by atoms with Crippen LogP contribution in [0.2, 0.25) is 0 Å². The third-order valence-electron chi connectivity index (χ3n) is 5.26. The number of hydrogen-bond acceptors (Lipinski definition) is 8. The van der Waals surface area contributed by atoms with E-state index in [9.17, 15) is 4.79 Å². The minimum Gasteiger partial charge on any atom is -0.490 e. The van der Waals surface area contributed by atoms with E-state index in [1.165, 1.54) is 6.33 Å². The summed E-state index contributed by atoms with van der Waals surface area (Å²) in [4.78, 5) is 19.9. The molecule has 9 heteroatoms. The maximum Gasteiger partial charge on any atom is 0.243 e. The van der Waals surface area contributed by atoms with Crippen LogP contribution in [0.3, 0.4) is 0 Å². The van der Waals surface area contributed by atoms with Crippen LogP contribution in [0.15, 0.2) is 42.3 Å². The lowest BCUT2D eigenvalue weighted by molar-refractivity contribution is -0.129. The third-order valence-corrected chi connectivity index (χ3v) is 5.26. The summed E-state index contributed by atoms with van der Waals surface area (Å²) in [5.41, 5.74) is 3.28. The molecule has 0 saturated carbocycles. The van der Waals surface area contributed by atoms with Gasteiger partial charge < -0.3 is 19.5 Å². The van der Waals surface area contributed by atoms with E-state index in [4.69, 9.17) is 25.8 Å². The molecule has 0 bridgehead atoms. The number of hydroxylamine groups is 1. The number of hydrogen-bond donors (Lipinski definition) is 3. The first kappa shape index (κ1) is 25.0. The number of methoxy groups -OCH3 is 1. The van der Waals surface area contributed by atoms with Crippen LogP contribution in [0.5, 0.6) is 11.5 Å². The second-order valence-electron chi connectivity index (χ2n) is 7.75. The Kier molecular flexibility index (Phi) is 9.70. The van der Waals surface area contributed by atoms with Gasteiger partial charge in [-0.25, -0.2) is 15.4 Å². The number of amides is 1. The molecule has 2 aromatic rings. The molecule has 0 aliphatic heterocycles. The lowest BCUT2D eigenvalue weighted by atomic mass is 10.0. The average Bonchev–Trinajstić information content (AvgIpc) is 2.86. The van der Waals surface area contributed by atoms with Crippen LogP contribution in [0.25, 0.3) is 10.9 Å². The van der Waals surface area contributed by atoms with Crippen molar-refractivity contribution in [3.05, 3.63) is 42.3 Å². The number of rotatable bonds is 13. The average molecular weight is 467 g/mol. The molecule has 1 aliphatic rings. The van der Waals surface area contributed by atoms with Crippen LogP contribution in [0.1, 0.15) is 32.1 Å². The van der Waals surface area contributed by atoms with Gasteiger partial charge in [0.15, 0.2) is 11.5 Å². The van der Waals surface area contributed by atoms with Crippen molar-refractivity contribution >= 4 is 22.6 Å². The number of unbranched alkanes of at least 4 members (excludes halogenated alkanes) is 2. The maximum absolute atomic E-state index is 11.1. The topological polar surface area (TPSA) is 115 Å². The first-order valence-electron chi connectivity index (χ1n) is 11.2. The number of anilines is 1. The van der Waals surface area contributed by atoms with Crippen LogP contribution >= 0.6 is 0 Å². The van der Waals surface area contributed by atoms with Gasteiger partial charge in [0.1, 0.15) is 18.8 Å². The van der Waals surface area contributed by atoms with Gasteiger partial charge in [-0.3, -0.25) is 10.0 Å². The summed E-state index contributed by atoms with van der Waals surface area (Å²) in [5.74, 6) is 4.15. The van der Waals surface area contributed by atoms with Crippen molar-refractivity contribution in [2.24, 2.45) is 0 Å². The fourth-order valence-electron chi connectivity index (χ4n) is 3.50. The second kappa shape index (κ2) is 13.2. The molecular weight excluding hydrogens is 436 g/mol. The molecule has 9 nitrogen and oxygen atoms in total. The number of ether oxygens (including phenoxy) is 3. The van der Waals surface area contributed by atoms with Crippen molar-refractivity contribution in [3.8, 4) is 23.8 Å². The van der Waals surface area contributed by atoms with Crippen LogP contribution in [0.4, 0.5) is 5.82 Å². The van der Waals surface area contributed by atoms with Crippen LogP contribution in [0, 0.1) is 12.3 Å². The van der Waals surface area contributed by atoms with Crippen molar-refractivity contribution < 1.29 is 24.2 Å². The minimum absolute atomic E-state index is 0.0239. The van der Waals surface area contributed by atoms with Gasteiger partial charge in [0.2, 0.25) is 5.91 Å². The van der Waals surface area contributed by atoms with E-state index in [0.29, 0.717) is 50.0 Å². The molecule has 0 saturated heterocycles. The zero-order valence-corrected chi connectivity index (χ0v) is 19.3. The molecule has 1 unspecified atom stereocenters. The van der Waals surface area contributed by atoms with Crippen LogP contribution in [-0.2, 0) is 9.53 Å². The highest BCUT2D eigenvalue weighted by atomic mass is 16.5. The highest BCUT2D eigenvalue weighted by Gasteiger charge is 2.16. The molecule has 1 aliphatic carbocycles. The SMILES string of the molecule is C#CC1=CC=CC(Nc2ncnc3cc(OCCCCCC(=O)NO)c(OCCOC)cc23)C1. The van der Waals surface area contributed by atoms with Gasteiger partial charge in [-0.2, -0.15) is 0 Å². The molecule has 180 valence electrons. The number of terminal acetylenes is 1.